The number of nitrogens with zero attached hydrogens (tertiary/aromatic N) is 1. The van der Waals surface area contributed by atoms with Crippen molar-refractivity contribution in [1.82, 2.24) is 0 Å². The normalized spacial score (nSPS) is 9.85. The van der Waals surface area contributed by atoms with Crippen molar-refractivity contribution >= 4 is 27.5 Å². The van der Waals surface area contributed by atoms with E-state index in [1.165, 1.54) is 12.1 Å². The van der Waals surface area contributed by atoms with Crippen molar-refractivity contribution in [3.63, 3.8) is 0 Å². The minimum absolute atomic E-state index is 0.126. The Morgan fingerprint density at radius 1 is 1.25 bits per heavy atom. The lowest BCUT2D eigenvalue weighted by Gasteiger charge is -2.07. The minimum atomic E-state index is -0.493. The van der Waals surface area contributed by atoms with Crippen LogP contribution in [0, 0.1) is 17.1 Å². The molecule has 2 rings (SSSR count). The zero-order chi connectivity index (χ0) is 14.5. The van der Waals surface area contributed by atoms with Gasteiger partial charge in [0.25, 0.3) is 0 Å². The third kappa shape index (κ3) is 3.65. The Labute approximate surface area is 124 Å². The van der Waals surface area contributed by atoms with E-state index in [1.807, 2.05) is 6.07 Å². The van der Waals surface area contributed by atoms with Crippen LogP contribution in [0.15, 0.2) is 46.9 Å². The summed E-state index contributed by atoms with van der Waals surface area (Å²) in [6.07, 6.45) is 0.126. The molecule has 0 unspecified atom stereocenters. The Bertz CT molecular complexity index is 677. The average molecular weight is 333 g/mol. The van der Waals surface area contributed by atoms with Gasteiger partial charge in [-0.2, -0.15) is 5.26 Å². The second kappa shape index (κ2) is 6.31. The molecule has 0 fully saturated rings. The number of nitriles is 1. The maximum Gasteiger partial charge on any atom is 0.228 e. The van der Waals surface area contributed by atoms with Crippen LogP contribution in [-0.4, -0.2) is 5.91 Å². The minimum Gasteiger partial charge on any atom is -0.323 e. The molecule has 2 aromatic rings. The standard InChI is InChI=1S/C15H10BrFN2O/c16-12-5-6-14(13(17)8-12)19-15(20)7-10-1-3-11(9-18)4-2-10/h1-6,8H,7H2,(H,19,20). The molecule has 3 nitrogen and oxygen atoms in total. The molecule has 2 aromatic carbocycles. The molecule has 100 valence electrons. The highest BCUT2D eigenvalue weighted by molar-refractivity contribution is 9.10. The molecule has 0 spiro atoms. The van der Waals surface area contributed by atoms with E-state index in [9.17, 15) is 9.18 Å². The fourth-order valence-electron chi connectivity index (χ4n) is 1.67. The summed E-state index contributed by atoms with van der Waals surface area (Å²) in [7, 11) is 0. The van der Waals surface area contributed by atoms with Gasteiger partial charge in [-0.15, -0.1) is 0 Å². The topological polar surface area (TPSA) is 52.9 Å². The van der Waals surface area contributed by atoms with Gasteiger partial charge < -0.3 is 5.32 Å². The lowest BCUT2D eigenvalue weighted by atomic mass is 10.1. The van der Waals surface area contributed by atoms with Crippen molar-refractivity contribution in [2.45, 2.75) is 6.42 Å². The molecule has 0 bridgehead atoms. The van der Waals surface area contributed by atoms with Crippen LogP contribution in [0.5, 0.6) is 0 Å². The summed E-state index contributed by atoms with van der Waals surface area (Å²) >= 11 is 3.15. The fraction of sp³-hybridized carbons (Fsp3) is 0.0667. The summed E-state index contributed by atoms with van der Waals surface area (Å²) in [5.74, 6) is -0.802. The summed E-state index contributed by atoms with van der Waals surface area (Å²) < 4.78 is 14.2. The number of rotatable bonds is 3. The van der Waals surface area contributed by atoms with Gasteiger partial charge in [-0.1, -0.05) is 28.1 Å². The predicted molar refractivity (Wildman–Crippen MR) is 77.6 cm³/mol. The second-order valence-corrected chi connectivity index (χ2v) is 5.07. The van der Waals surface area contributed by atoms with Gasteiger partial charge in [0.05, 0.1) is 23.7 Å². The third-order valence-electron chi connectivity index (χ3n) is 2.65. The first-order chi connectivity index (χ1) is 9.58. The summed E-state index contributed by atoms with van der Waals surface area (Å²) in [5.41, 5.74) is 1.44. The molecule has 0 radical (unpaired) electrons. The van der Waals surface area contributed by atoms with Gasteiger partial charge in [0.2, 0.25) is 5.91 Å². The van der Waals surface area contributed by atoms with Crippen LogP contribution in [0.3, 0.4) is 0 Å². The van der Waals surface area contributed by atoms with Crippen molar-refractivity contribution in [1.29, 1.82) is 5.26 Å². The maximum atomic E-state index is 13.6. The van der Waals surface area contributed by atoms with E-state index in [-0.39, 0.29) is 18.0 Å². The Kier molecular flexibility index (Phi) is 4.49. The van der Waals surface area contributed by atoms with Crippen LogP contribution in [-0.2, 0) is 11.2 Å². The maximum absolute atomic E-state index is 13.6. The number of hydrogen-bond acceptors (Lipinski definition) is 2. The SMILES string of the molecule is N#Cc1ccc(CC(=O)Nc2ccc(Br)cc2F)cc1. The molecule has 5 heteroatoms. The zero-order valence-electron chi connectivity index (χ0n) is 10.4. The highest BCUT2D eigenvalue weighted by atomic mass is 79.9. The highest BCUT2D eigenvalue weighted by Crippen LogP contribution is 2.19. The Balaban J connectivity index is 2.03. The van der Waals surface area contributed by atoms with Gasteiger partial charge >= 0.3 is 0 Å². The van der Waals surface area contributed by atoms with Crippen LogP contribution in [0.25, 0.3) is 0 Å². The van der Waals surface area contributed by atoms with Crippen LogP contribution in [0.4, 0.5) is 10.1 Å². The first-order valence-corrected chi connectivity index (χ1v) is 6.62. The summed E-state index contributed by atoms with van der Waals surface area (Å²) in [6, 6.07) is 13.1. The van der Waals surface area contributed by atoms with Crippen molar-refractivity contribution in [2.24, 2.45) is 0 Å². The number of amides is 1. The molecule has 0 heterocycles. The van der Waals surface area contributed by atoms with Crippen molar-refractivity contribution in [2.75, 3.05) is 5.32 Å². The Morgan fingerprint density at radius 2 is 1.95 bits per heavy atom. The van der Waals surface area contributed by atoms with Crippen molar-refractivity contribution in [3.05, 3.63) is 63.9 Å². The van der Waals surface area contributed by atoms with E-state index in [1.54, 1.807) is 30.3 Å². The molecular weight excluding hydrogens is 323 g/mol. The van der Waals surface area contributed by atoms with Gasteiger partial charge in [-0.05, 0) is 35.9 Å². The van der Waals surface area contributed by atoms with Crippen molar-refractivity contribution in [3.8, 4) is 6.07 Å². The fourth-order valence-corrected chi connectivity index (χ4v) is 2.00. The van der Waals surface area contributed by atoms with Crippen LogP contribution >= 0.6 is 15.9 Å². The zero-order valence-corrected chi connectivity index (χ0v) is 11.9. The second-order valence-electron chi connectivity index (χ2n) is 4.16. The molecule has 0 aliphatic heterocycles. The first kappa shape index (κ1) is 14.2. The predicted octanol–water partition coefficient (Wildman–Crippen LogP) is 3.64. The largest absolute Gasteiger partial charge is 0.323 e. The van der Waals surface area contributed by atoms with E-state index in [0.717, 1.165) is 5.56 Å². The number of benzene rings is 2. The molecule has 20 heavy (non-hydrogen) atoms. The average Bonchev–Trinajstić information content (AvgIpc) is 2.43. The molecule has 0 aliphatic carbocycles. The Morgan fingerprint density at radius 3 is 2.55 bits per heavy atom. The van der Waals surface area contributed by atoms with Gasteiger partial charge in [-0.3, -0.25) is 4.79 Å². The number of carbonyl (C=O) groups excluding carboxylic acids is 1. The molecular formula is C15H10BrFN2O. The monoisotopic (exact) mass is 332 g/mol. The number of hydrogen-bond donors (Lipinski definition) is 1. The van der Waals surface area contributed by atoms with E-state index in [0.29, 0.717) is 10.0 Å². The van der Waals surface area contributed by atoms with Gasteiger partial charge in [0, 0.05) is 4.47 Å². The van der Waals surface area contributed by atoms with Crippen LogP contribution in [0.1, 0.15) is 11.1 Å². The first-order valence-electron chi connectivity index (χ1n) is 5.82. The van der Waals surface area contributed by atoms with Gasteiger partial charge in [-0.25, -0.2) is 4.39 Å². The molecule has 0 aromatic heterocycles. The lowest BCUT2D eigenvalue weighted by Crippen LogP contribution is -2.15. The number of anilines is 1. The van der Waals surface area contributed by atoms with Gasteiger partial charge in [0.1, 0.15) is 5.82 Å². The van der Waals surface area contributed by atoms with Crippen molar-refractivity contribution < 1.29 is 9.18 Å². The van der Waals surface area contributed by atoms with E-state index in [4.69, 9.17) is 5.26 Å². The number of carbonyl (C=O) groups is 1. The molecule has 0 saturated heterocycles. The van der Waals surface area contributed by atoms with Crippen LogP contribution in [0.2, 0.25) is 0 Å². The summed E-state index contributed by atoms with van der Waals surface area (Å²) in [6.45, 7) is 0. The van der Waals surface area contributed by atoms with Crippen LogP contribution < -0.4 is 5.32 Å². The molecule has 0 atom stereocenters. The lowest BCUT2D eigenvalue weighted by molar-refractivity contribution is -0.115. The number of halogens is 2. The van der Waals surface area contributed by atoms with E-state index >= 15 is 0 Å². The summed E-state index contributed by atoms with van der Waals surface area (Å²) in [5, 5.41) is 11.2. The summed E-state index contributed by atoms with van der Waals surface area (Å²) in [4.78, 5) is 11.8. The van der Waals surface area contributed by atoms with E-state index < -0.39 is 5.82 Å². The molecule has 0 saturated carbocycles. The third-order valence-corrected chi connectivity index (χ3v) is 3.15. The highest BCUT2D eigenvalue weighted by Gasteiger charge is 2.08. The van der Waals surface area contributed by atoms with E-state index in [2.05, 4.69) is 21.2 Å². The Hall–Kier alpha value is -2.19. The number of nitrogens with one attached hydrogen (secondary N) is 1. The molecule has 1 N–H and O–H groups in total. The molecule has 0 aliphatic rings. The molecule has 1 amide bonds. The smallest absolute Gasteiger partial charge is 0.228 e. The van der Waals surface area contributed by atoms with Gasteiger partial charge in [0.15, 0.2) is 0 Å². The quantitative estimate of drug-likeness (QED) is 0.932.